The zero-order valence-electron chi connectivity index (χ0n) is 8.50. The van der Waals surface area contributed by atoms with Gasteiger partial charge in [0.1, 0.15) is 6.23 Å². The summed E-state index contributed by atoms with van der Waals surface area (Å²) in [6.45, 7) is 0. The quantitative estimate of drug-likeness (QED) is 0.545. The first-order chi connectivity index (χ1) is 7.19. The van der Waals surface area contributed by atoms with Gasteiger partial charge in [0.15, 0.2) is 5.56 Å². The van der Waals surface area contributed by atoms with Crippen molar-refractivity contribution in [1.82, 2.24) is 5.32 Å². The molecule has 5 unspecified atom stereocenters. The van der Waals surface area contributed by atoms with Crippen molar-refractivity contribution in [2.45, 2.75) is 48.0 Å². The van der Waals surface area contributed by atoms with Crippen LogP contribution in [0.2, 0.25) is 0 Å². The third-order valence-corrected chi connectivity index (χ3v) is 5.23. The zero-order chi connectivity index (χ0) is 10.8. The lowest BCUT2D eigenvalue weighted by molar-refractivity contribution is 0.0951. The summed E-state index contributed by atoms with van der Waals surface area (Å²) in [5, 5.41) is 27.9. The molecule has 2 fully saturated rings. The van der Waals surface area contributed by atoms with E-state index in [0.29, 0.717) is 11.2 Å². The van der Waals surface area contributed by atoms with Gasteiger partial charge in [-0.15, -0.1) is 11.8 Å². The van der Waals surface area contributed by atoms with Crippen LogP contribution in [0.1, 0.15) is 25.7 Å². The molecule has 5 atom stereocenters. The fourth-order valence-electron chi connectivity index (χ4n) is 2.41. The second-order valence-corrected chi connectivity index (χ2v) is 6.57. The Morgan fingerprint density at radius 1 is 1.40 bits per heavy atom. The highest BCUT2D eigenvalue weighted by Crippen LogP contribution is 2.38. The van der Waals surface area contributed by atoms with E-state index >= 15 is 0 Å². The molecule has 2 aliphatic rings. The second-order valence-electron chi connectivity index (χ2n) is 4.31. The fraction of sp³-hybridized carbons (Fsp3) is 1.00. The minimum absolute atomic E-state index is 0.131. The number of aliphatic hydroxyl groups excluding tert-OH is 2. The van der Waals surface area contributed by atoms with Crippen molar-refractivity contribution >= 4 is 23.7 Å². The molecular weight excluding hydrogens is 232 g/mol. The summed E-state index contributed by atoms with van der Waals surface area (Å²) in [6.07, 6.45) is 3.97. The summed E-state index contributed by atoms with van der Waals surface area (Å²) in [6, 6.07) is 0. The fourth-order valence-corrected chi connectivity index (χ4v) is 4.23. The van der Waals surface area contributed by atoms with Crippen LogP contribution in [0.15, 0.2) is 0 Å². The highest BCUT2D eigenvalue weighted by molar-refractivity contribution is 8.00. The van der Waals surface area contributed by atoms with Gasteiger partial charge < -0.3 is 10.2 Å². The summed E-state index contributed by atoms with van der Waals surface area (Å²) < 4.78 is 0. The van der Waals surface area contributed by atoms with Crippen LogP contribution in [0.4, 0.5) is 0 Å². The predicted octanol–water partition coefficient (Wildman–Crippen LogP) is 0.451. The van der Waals surface area contributed by atoms with E-state index in [-0.39, 0.29) is 5.25 Å². The molecule has 4 nitrogen and oxygen atoms in total. The number of nitrogens with two attached hydrogens (primary N) is 1. The summed E-state index contributed by atoms with van der Waals surface area (Å²) in [7, 11) is 0. The molecule has 1 aliphatic carbocycles. The summed E-state index contributed by atoms with van der Waals surface area (Å²) in [4.78, 5) is 0. The van der Waals surface area contributed by atoms with Gasteiger partial charge in [-0.25, -0.2) is 0 Å². The van der Waals surface area contributed by atoms with Crippen molar-refractivity contribution in [2.24, 2.45) is 11.1 Å². The maximum atomic E-state index is 9.62. The number of hydrogen-bond acceptors (Lipinski definition) is 6. The monoisotopic (exact) mass is 250 g/mol. The van der Waals surface area contributed by atoms with E-state index < -0.39 is 11.8 Å². The van der Waals surface area contributed by atoms with Crippen LogP contribution in [-0.4, -0.2) is 32.5 Å². The third-order valence-electron chi connectivity index (χ3n) is 3.22. The molecule has 0 bridgehead atoms. The van der Waals surface area contributed by atoms with Gasteiger partial charge in [0.25, 0.3) is 0 Å². The maximum absolute atomic E-state index is 9.62. The first kappa shape index (κ1) is 12.0. The Kier molecular flexibility index (Phi) is 4.20. The molecule has 6 heteroatoms. The molecule has 0 aromatic carbocycles. The molecule has 0 amide bonds. The standard InChI is InChI=1S/C9H18N2O2S2/c10-15-6-2-1-5(3-6)4-7-8(12)11-9(13)14-7/h5-9,11-13H,1-4,10H2. The topological polar surface area (TPSA) is 78.5 Å². The van der Waals surface area contributed by atoms with Crippen LogP contribution in [0.3, 0.4) is 0 Å². The van der Waals surface area contributed by atoms with Crippen LogP contribution in [0.25, 0.3) is 0 Å². The maximum Gasteiger partial charge on any atom is 0.155 e. The molecule has 1 saturated heterocycles. The Balaban J connectivity index is 1.78. The predicted molar refractivity (Wildman–Crippen MR) is 64.1 cm³/mol. The Bertz CT molecular complexity index is 220. The number of aliphatic hydroxyl groups is 2. The minimum atomic E-state index is -0.605. The smallest absolute Gasteiger partial charge is 0.155 e. The molecule has 88 valence electrons. The van der Waals surface area contributed by atoms with E-state index in [1.165, 1.54) is 36.6 Å². The van der Waals surface area contributed by atoms with Crippen LogP contribution < -0.4 is 10.5 Å². The zero-order valence-corrected chi connectivity index (χ0v) is 10.1. The largest absolute Gasteiger partial charge is 0.377 e. The normalized spacial score (nSPS) is 46.2. The van der Waals surface area contributed by atoms with Crippen LogP contribution >= 0.6 is 23.7 Å². The van der Waals surface area contributed by atoms with Gasteiger partial charge in [0, 0.05) is 10.5 Å². The molecular formula is C9H18N2O2S2. The molecule has 0 aromatic rings. The first-order valence-corrected chi connectivity index (χ1v) is 7.20. The average molecular weight is 250 g/mol. The molecule has 1 heterocycles. The Morgan fingerprint density at radius 3 is 2.73 bits per heavy atom. The van der Waals surface area contributed by atoms with Gasteiger partial charge in [0.2, 0.25) is 0 Å². The van der Waals surface area contributed by atoms with Crippen molar-refractivity contribution < 1.29 is 10.2 Å². The Labute approximate surface area is 98.5 Å². The molecule has 0 aromatic heterocycles. The van der Waals surface area contributed by atoms with Gasteiger partial charge >= 0.3 is 0 Å². The Morgan fingerprint density at radius 2 is 2.20 bits per heavy atom. The van der Waals surface area contributed by atoms with E-state index in [4.69, 9.17) is 5.14 Å². The lowest BCUT2D eigenvalue weighted by Gasteiger charge is -2.17. The lowest BCUT2D eigenvalue weighted by atomic mass is 10.0. The molecule has 1 aliphatic heterocycles. The van der Waals surface area contributed by atoms with Gasteiger partial charge in [-0.3, -0.25) is 10.5 Å². The van der Waals surface area contributed by atoms with E-state index in [0.717, 1.165) is 12.8 Å². The summed E-state index contributed by atoms with van der Waals surface area (Å²) >= 11 is 2.89. The second kappa shape index (κ2) is 5.25. The lowest BCUT2D eigenvalue weighted by Crippen LogP contribution is -2.33. The number of hydrogen-bond donors (Lipinski definition) is 4. The van der Waals surface area contributed by atoms with Crippen molar-refractivity contribution in [3.05, 3.63) is 0 Å². The van der Waals surface area contributed by atoms with Crippen molar-refractivity contribution in [2.75, 3.05) is 0 Å². The van der Waals surface area contributed by atoms with E-state index in [2.05, 4.69) is 5.32 Å². The minimum Gasteiger partial charge on any atom is -0.377 e. The first-order valence-electron chi connectivity index (χ1n) is 5.32. The van der Waals surface area contributed by atoms with Crippen LogP contribution in [0.5, 0.6) is 0 Å². The molecule has 1 saturated carbocycles. The average Bonchev–Trinajstić information content (AvgIpc) is 2.75. The van der Waals surface area contributed by atoms with Crippen LogP contribution in [-0.2, 0) is 0 Å². The van der Waals surface area contributed by atoms with Crippen molar-refractivity contribution in [3.63, 3.8) is 0 Å². The molecule has 15 heavy (non-hydrogen) atoms. The number of thioether (sulfide) groups is 1. The molecule has 0 spiro atoms. The SMILES string of the molecule is NSC1CCC(CC2SC(O)NC2O)C1. The van der Waals surface area contributed by atoms with Gasteiger partial charge in [-0.05, 0) is 31.6 Å². The molecule has 5 N–H and O–H groups in total. The van der Waals surface area contributed by atoms with E-state index in [9.17, 15) is 10.2 Å². The summed E-state index contributed by atoms with van der Waals surface area (Å²) in [5.74, 6) is 0.658. The number of nitrogens with one attached hydrogen (secondary N) is 1. The van der Waals surface area contributed by atoms with Gasteiger partial charge in [0.05, 0.1) is 0 Å². The van der Waals surface area contributed by atoms with E-state index in [1.54, 1.807) is 0 Å². The third kappa shape index (κ3) is 3.01. The summed E-state index contributed by atoms with van der Waals surface area (Å²) in [5.41, 5.74) is -0.605. The van der Waals surface area contributed by atoms with E-state index in [1.807, 2.05) is 0 Å². The Hall–Kier alpha value is 0.540. The van der Waals surface area contributed by atoms with Crippen molar-refractivity contribution in [1.29, 1.82) is 0 Å². The highest BCUT2D eigenvalue weighted by Gasteiger charge is 2.35. The molecule has 0 radical (unpaired) electrons. The van der Waals surface area contributed by atoms with Gasteiger partial charge in [-0.2, -0.15) is 0 Å². The highest BCUT2D eigenvalue weighted by atomic mass is 32.2. The molecule has 2 rings (SSSR count). The number of rotatable bonds is 3. The van der Waals surface area contributed by atoms with Crippen molar-refractivity contribution in [3.8, 4) is 0 Å². The van der Waals surface area contributed by atoms with Gasteiger partial charge in [-0.1, -0.05) is 11.9 Å². The van der Waals surface area contributed by atoms with Crippen LogP contribution in [0, 0.1) is 5.92 Å².